The highest BCUT2D eigenvalue weighted by molar-refractivity contribution is 7.84. The molecule has 2 unspecified atom stereocenters. The number of hydrogen-bond donors (Lipinski definition) is 3. The molecule has 0 aliphatic heterocycles. The molecule has 0 aromatic heterocycles. The number of allylic oxidation sites excluding steroid dienone is 1. The van der Waals surface area contributed by atoms with Gasteiger partial charge in [-0.1, -0.05) is 0 Å². The highest BCUT2D eigenvalue weighted by Gasteiger charge is 2.68. The summed E-state index contributed by atoms with van der Waals surface area (Å²) in [5, 5.41) is 16.9. The quantitative estimate of drug-likeness (QED) is 0.648. The minimum absolute atomic E-state index is 0.106. The second-order valence-electron chi connectivity index (χ2n) is 3.01. The third-order valence-corrected chi connectivity index (χ3v) is 2.45. The second kappa shape index (κ2) is 3.55. The first kappa shape index (κ1) is 12.6. The zero-order valence-corrected chi connectivity index (χ0v) is 8.34. The van der Waals surface area contributed by atoms with Gasteiger partial charge in [0.1, 0.15) is 0 Å². The van der Waals surface area contributed by atoms with Crippen LogP contribution in [0.4, 0.5) is 13.2 Å². The minimum Gasteiger partial charge on any atom is -0.479 e. The molecule has 16 heavy (non-hydrogen) atoms. The van der Waals surface area contributed by atoms with Gasteiger partial charge in [-0.2, -0.15) is 0 Å². The van der Waals surface area contributed by atoms with Gasteiger partial charge in [-0.25, -0.2) is 22.8 Å². The fraction of sp³-hybridized carbons (Fsp3) is 0.250. The molecule has 1 rings (SSSR count). The number of hydrogen-bond acceptors (Lipinski definition) is 3. The van der Waals surface area contributed by atoms with E-state index in [9.17, 15) is 22.8 Å². The van der Waals surface area contributed by atoms with E-state index in [4.69, 9.17) is 10.2 Å². The largest absolute Gasteiger partial charge is 0.479 e. The summed E-state index contributed by atoms with van der Waals surface area (Å²) in [6.45, 7) is 0. The number of thiol groups is 1. The first-order valence-corrected chi connectivity index (χ1v) is 4.25. The lowest BCUT2D eigenvalue weighted by molar-refractivity contribution is -0.172. The molecular formula is C8H5F3O4S. The summed E-state index contributed by atoms with van der Waals surface area (Å²) < 4.78 is 40.6. The van der Waals surface area contributed by atoms with E-state index in [-0.39, 0.29) is 6.08 Å². The Morgan fingerprint density at radius 1 is 1.25 bits per heavy atom. The molecular weight excluding hydrogens is 249 g/mol. The van der Waals surface area contributed by atoms with Gasteiger partial charge in [-0.05, 0) is 12.2 Å². The Hall–Kier alpha value is -1.44. The van der Waals surface area contributed by atoms with E-state index in [1.807, 2.05) is 0 Å². The summed E-state index contributed by atoms with van der Waals surface area (Å²) in [6.07, 6.45) is 0.655. The van der Waals surface area contributed by atoms with Crippen LogP contribution in [-0.4, -0.2) is 33.5 Å². The predicted molar refractivity (Wildman–Crippen MR) is 49.2 cm³/mol. The van der Waals surface area contributed by atoms with E-state index in [2.05, 4.69) is 12.6 Å². The number of halogens is 3. The molecule has 2 N–H and O–H groups in total. The molecule has 0 saturated carbocycles. The van der Waals surface area contributed by atoms with Gasteiger partial charge in [0, 0.05) is 4.91 Å². The molecule has 4 nitrogen and oxygen atoms in total. The van der Waals surface area contributed by atoms with Crippen LogP contribution in [0.15, 0.2) is 22.9 Å². The second-order valence-corrected chi connectivity index (χ2v) is 3.49. The molecule has 88 valence electrons. The van der Waals surface area contributed by atoms with Gasteiger partial charge in [0.25, 0.3) is 5.67 Å². The van der Waals surface area contributed by atoms with Gasteiger partial charge in [-0.3, -0.25) is 0 Å². The van der Waals surface area contributed by atoms with Crippen LogP contribution in [0.5, 0.6) is 0 Å². The van der Waals surface area contributed by atoms with Gasteiger partial charge in [-0.15, -0.1) is 12.6 Å². The average Bonchev–Trinajstić information content (AvgIpc) is 2.20. The van der Waals surface area contributed by atoms with Gasteiger partial charge < -0.3 is 10.2 Å². The minimum atomic E-state index is -4.31. The summed E-state index contributed by atoms with van der Waals surface area (Å²) in [5.41, 5.74) is -8.32. The van der Waals surface area contributed by atoms with Crippen molar-refractivity contribution in [2.45, 2.75) is 11.3 Å². The Morgan fingerprint density at radius 3 is 2.12 bits per heavy atom. The Balaban J connectivity index is 3.53. The standard InChI is InChI=1S/C8H5F3O4S/c9-4-3(16)1-2-7(10,5(12)13)8(4,11)6(14)15/h1-2,16H,(H,12,13)(H,14,15). The Labute approximate surface area is 92.5 Å². The molecule has 0 heterocycles. The number of carboxylic acids is 2. The number of rotatable bonds is 2. The zero-order valence-electron chi connectivity index (χ0n) is 7.45. The summed E-state index contributed by atoms with van der Waals surface area (Å²) >= 11 is 3.37. The number of carboxylic acid groups (broad SMARTS) is 2. The summed E-state index contributed by atoms with van der Waals surface area (Å²) in [6, 6.07) is 0. The van der Waals surface area contributed by atoms with Gasteiger partial charge in [0.05, 0.1) is 0 Å². The SMILES string of the molecule is O=C(O)C1(F)C=CC(S)=C(F)C1(F)C(=O)O. The summed E-state index contributed by atoms with van der Waals surface area (Å²) in [5.74, 6) is -7.11. The van der Waals surface area contributed by atoms with E-state index in [0.717, 1.165) is 0 Å². The lowest BCUT2D eigenvalue weighted by atomic mass is 9.81. The summed E-state index contributed by atoms with van der Waals surface area (Å²) in [4.78, 5) is 20.3. The molecule has 0 radical (unpaired) electrons. The lowest BCUT2D eigenvalue weighted by Gasteiger charge is -2.32. The van der Waals surface area contributed by atoms with Gasteiger partial charge >= 0.3 is 17.6 Å². The molecule has 0 fully saturated rings. The molecule has 1 aliphatic rings. The maximum atomic E-state index is 13.8. The van der Waals surface area contributed by atoms with E-state index >= 15 is 0 Å². The smallest absolute Gasteiger partial charge is 0.353 e. The first-order chi connectivity index (χ1) is 7.18. The number of alkyl halides is 2. The summed E-state index contributed by atoms with van der Waals surface area (Å²) in [7, 11) is 0. The third-order valence-electron chi connectivity index (χ3n) is 2.11. The van der Waals surface area contributed by atoms with Gasteiger partial charge in [0.15, 0.2) is 5.83 Å². The monoisotopic (exact) mass is 254 g/mol. The maximum Gasteiger partial charge on any atom is 0.353 e. The maximum absolute atomic E-state index is 13.8. The molecule has 0 saturated heterocycles. The van der Waals surface area contributed by atoms with E-state index in [1.54, 1.807) is 0 Å². The van der Waals surface area contributed by atoms with Crippen LogP contribution in [0.2, 0.25) is 0 Å². The van der Waals surface area contributed by atoms with E-state index in [0.29, 0.717) is 6.08 Å². The number of aliphatic carboxylic acids is 2. The highest BCUT2D eigenvalue weighted by atomic mass is 32.1. The molecule has 0 spiro atoms. The van der Waals surface area contributed by atoms with Crippen molar-refractivity contribution in [3.63, 3.8) is 0 Å². The topological polar surface area (TPSA) is 74.6 Å². The Kier molecular flexibility index (Phi) is 2.80. The molecule has 8 heteroatoms. The van der Waals surface area contributed by atoms with E-state index in [1.165, 1.54) is 0 Å². The lowest BCUT2D eigenvalue weighted by Crippen LogP contribution is -2.58. The average molecular weight is 254 g/mol. The zero-order chi connectivity index (χ0) is 12.7. The van der Waals surface area contributed by atoms with Crippen LogP contribution >= 0.6 is 12.6 Å². The molecule has 0 aromatic carbocycles. The molecule has 1 aliphatic carbocycles. The molecule has 0 amide bonds. The normalized spacial score (nSPS) is 34.0. The van der Waals surface area contributed by atoms with Crippen molar-refractivity contribution >= 4 is 24.6 Å². The van der Waals surface area contributed by atoms with Crippen molar-refractivity contribution in [2.75, 3.05) is 0 Å². The Morgan fingerprint density at radius 2 is 1.75 bits per heavy atom. The van der Waals surface area contributed by atoms with E-state index < -0.39 is 34.0 Å². The van der Waals surface area contributed by atoms with Crippen LogP contribution in [0.1, 0.15) is 0 Å². The number of carbonyl (C=O) groups is 2. The Bertz CT molecular complexity index is 433. The van der Waals surface area contributed by atoms with Crippen LogP contribution in [0.25, 0.3) is 0 Å². The van der Waals surface area contributed by atoms with Crippen LogP contribution in [0.3, 0.4) is 0 Å². The van der Waals surface area contributed by atoms with Crippen molar-refractivity contribution in [3.8, 4) is 0 Å². The van der Waals surface area contributed by atoms with Gasteiger partial charge in [0.2, 0.25) is 0 Å². The first-order valence-electron chi connectivity index (χ1n) is 3.81. The fourth-order valence-electron chi connectivity index (χ4n) is 1.19. The van der Waals surface area contributed by atoms with Crippen LogP contribution < -0.4 is 0 Å². The third kappa shape index (κ3) is 1.33. The van der Waals surface area contributed by atoms with Crippen molar-refractivity contribution in [1.29, 1.82) is 0 Å². The molecule has 0 bridgehead atoms. The molecule has 2 atom stereocenters. The van der Waals surface area contributed by atoms with Crippen molar-refractivity contribution in [1.82, 2.24) is 0 Å². The van der Waals surface area contributed by atoms with Crippen LogP contribution in [-0.2, 0) is 9.59 Å². The van der Waals surface area contributed by atoms with Crippen molar-refractivity contribution < 1.29 is 33.0 Å². The van der Waals surface area contributed by atoms with Crippen molar-refractivity contribution in [3.05, 3.63) is 22.9 Å². The van der Waals surface area contributed by atoms with Crippen LogP contribution in [0, 0.1) is 0 Å². The predicted octanol–water partition coefficient (Wildman–Crippen LogP) is 1.25. The highest BCUT2D eigenvalue weighted by Crippen LogP contribution is 2.45. The van der Waals surface area contributed by atoms with Crippen molar-refractivity contribution in [2.24, 2.45) is 0 Å². The molecule has 0 aromatic rings. The fourth-order valence-corrected chi connectivity index (χ4v) is 1.41.